The average molecular weight is 709 g/mol. The maximum atomic E-state index is 14.2. The first kappa shape index (κ1) is 38.2. The Kier molecular flexibility index (Phi) is 13.7. The van der Waals surface area contributed by atoms with Gasteiger partial charge in [0.1, 0.15) is 29.9 Å². The third-order valence-electron chi connectivity index (χ3n) is 8.90. The number of benzene rings is 2. The molecule has 270 valence electrons. The molecule has 6 atom stereocenters. The van der Waals surface area contributed by atoms with Crippen molar-refractivity contribution in [1.82, 2.24) is 31.5 Å². The van der Waals surface area contributed by atoms with Gasteiger partial charge >= 0.3 is 0 Å². The van der Waals surface area contributed by atoms with E-state index in [0.717, 1.165) is 5.56 Å². The molecule has 0 spiro atoms. The van der Waals surface area contributed by atoms with Gasteiger partial charge in [-0.1, -0.05) is 56.3 Å². The molecule has 6 amide bonds. The van der Waals surface area contributed by atoms with Crippen molar-refractivity contribution in [3.05, 3.63) is 65.7 Å². The molecule has 2 saturated heterocycles. The molecule has 2 heterocycles. The van der Waals surface area contributed by atoms with Gasteiger partial charge < -0.3 is 36.2 Å². The number of hydrogen-bond acceptors (Lipinski definition) is 8. The molecule has 50 heavy (non-hydrogen) atoms. The molecule has 0 unspecified atom stereocenters. The monoisotopic (exact) mass is 708 g/mol. The van der Waals surface area contributed by atoms with Gasteiger partial charge in [0.15, 0.2) is 0 Å². The lowest BCUT2D eigenvalue weighted by molar-refractivity contribution is -0.143. The topological polar surface area (TPSA) is 175 Å². The second kappa shape index (κ2) is 17.9. The number of methoxy groups -OCH3 is 1. The number of rotatable bonds is 9. The predicted octanol–water partition coefficient (Wildman–Crippen LogP) is 1.47. The fraction of sp³-hybridized carbons (Fsp3) is 0.500. The summed E-state index contributed by atoms with van der Waals surface area (Å²) in [7, 11) is 1.54. The second-order valence-electron chi connectivity index (χ2n) is 13.1. The number of carbonyl (C=O) groups excluding carboxylic acids is 6. The summed E-state index contributed by atoms with van der Waals surface area (Å²) in [5, 5.41) is 14.3. The highest BCUT2D eigenvalue weighted by Crippen LogP contribution is 2.23. The molecule has 13 nitrogen and oxygen atoms in total. The summed E-state index contributed by atoms with van der Waals surface area (Å²) in [6, 6.07) is 10.8. The molecule has 0 radical (unpaired) electrons. The molecule has 14 heteroatoms. The standard InChI is InChI=1S/C36H48N6O7S/c1-21(2)32-36(48)42-20-25(38-30(43)17-23-10-9-13-26(16-23)49-4)18-29(42)35(47)37-22(3)33(45)40-28(24-11-7-6-8-12-24)19-31(44)39-27(14-15-50-5)34(46)41-32/h6-13,16,21-22,25,27-29,32H,14-15,17-20H2,1-5H3,(H,37,47)(H,38,43)(H,39,44)(H,40,45)(H,41,46)/t22-,25-,27-,28-,29-,32-/m0/s1. The zero-order valence-electron chi connectivity index (χ0n) is 29.2. The Morgan fingerprint density at radius 1 is 0.960 bits per heavy atom. The molecular formula is C36H48N6O7S. The largest absolute Gasteiger partial charge is 0.497 e. The normalized spacial score (nSPS) is 25.2. The summed E-state index contributed by atoms with van der Waals surface area (Å²) in [6.07, 6.45) is 2.22. The van der Waals surface area contributed by atoms with Gasteiger partial charge in [0.2, 0.25) is 35.4 Å². The molecule has 2 aliphatic heterocycles. The van der Waals surface area contributed by atoms with Gasteiger partial charge in [0.05, 0.1) is 26.0 Å². The van der Waals surface area contributed by atoms with Gasteiger partial charge in [0, 0.05) is 12.6 Å². The highest BCUT2D eigenvalue weighted by Gasteiger charge is 2.44. The zero-order chi connectivity index (χ0) is 36.4. The Hall–Kier alpha value is -4.59. The maximum Gasteiger partial charge on any atom is 0.246 e. The maximum absolute atomic E-state index is 14.2. The fourth-order valence-electron chi connectivity index (χ4n) is 6.18. The molecule has 4 rings (SSSR count). The molecular weight excluding hydrogens is 660 g/mol. The van der Waals surface area contributed by atoms with E-state index in [1.54, 1.807) is 69.5 Å². The number of amides is 6. The first-order valence-corrected chi connectivity index (χ1v) is 18.3. The molecule has 0 aliphatic carbocycles. The van der Waals surface area contributed by atoms with Gasteiger partial charge in [-0.2, -0.15) is 11.8 Å². The Labute approximate surface area is 297 Å². The van der Waals surface area contributed by atoms with Crippen molar-refractivity contribution in [2.75, 3.05) is 25.7 Å². The van der Waals surface area contributed by atoms with Crippen molar-refractivity contribution < 1.29 is 33.5 Å². The van der Waals surface area contributed by atoms with Crippen LogP contribution in [0.4, 0.5) is 0 Å². The van der Waals surface area contributed by atoms with Crippen LogP contribution in [-0.4, -0.2) is 96.2 Å². The summed E-state index contributed by atoms with van der Waals surface area (Å²) in [5.41, 5.74) is 1.42. The van der Waals surface area contributed by atoms with Crippen LogP contribution in [0.5, 0.6) is 5.75 Å². The van der Waals surface area contributed by atoms with Crippen LogP contribution in [0.2, 0.25) is 0 Å². The number of thioether (sulfide) groups is 1. The van der Waals surface area contributed by atoms with E-state index in [0.29, 0.717) is 23.5 Å². The molecule has 5 N–H and O–H groups in total. The fourth-order valence-corrected chi connectivity index (χ4v) is 6.65. The molecule has 2 aliphatic rings. The minimum absolute atomic E-state index is 0.0170. The third kappa shape index (κ3) is 10.2. The highest BCUT2D eigenvalue weighted by molar-refractivity contribution is 7.98. The minimum Gasteiger partial charge on any atom is -0.497 e. The quantitative estimate of drug-likeness (QED) is 0.260. The van der Waals surface area contributed by atoms with Crippen molar-refractivity contribution in [2.24, 2.45) is 5.92 Å². The second-order valence-corrected chi connectivity index (χ2v) is 14.1. The van der Waals surface area contributed by atoms with Gasteiger partial charge in [0.25, 0.3) is 0 Å². The predicted molar refractivity (Wildman–Crippen MR) is 190 cm³/mol. The molecule has 0 aromatic heterocycles. The van der Waals surface area contributed by atoms with E-state index in [1.807, 2.05) is 12.3 Å². The van der Waals surface area contributed by atoms with Crippen LogP contribution in [-0.2, 0) is 35.2 Å². The highest BCUT2D eigenvalue weighted by atomic mass is 32.2. The minimum atomic E-state index is -1.03. The molecule has 2 aromatic rings. The number of fused-ring (bicyclic) bond motifs is 1. The van der Waals surface area contributed by atoms with E-state index >= 15 is 0 Å². The van der Waals surface area contributed by atoms with Crippen LogP contribution >= 0.6 is 11.8 Å². The van der Waals surface area contributed by atoms with Crippen LogP contribution < -0.4 is 31.3 Å². The van der Waals surface area contributed by atoms with Gasteiger partial charge in [-0.3, -0.25) is 28.8 Å². The smallest absolute Gasteiger partial charge is 0.246 e. The summed E-state index contributed by atoms with van der Waals surface area (Å²) < 4.78 is 5.26. The first-order valence-electron chi connectivity index (χ1n) is 16.9. The molecule has 0 saturated carbocycles. The summed E-state index contributed by atoms with van der Waals surface area (Å²) in [5.74, 6) is -2.06. The van der Waals surface area contributed by atoms with Crippen molar-refractivity contribution in [1.29, 1.82) is 0 Å². The lowest BCUT2D eigenvalue weighted by atomic mass is 10.0. The van der Waals surface area contributed by atoms with E-state index in [4.69, 9.17) is 4.74 Å². The number of carbonyl (C=O) groups is 6. The van der Waals surface area contributed by atoms with Crippen LogP contribution in [0.15, 0.2) is 54.6 Å². The Balaban J connectivity index is 1.64. The van der Waals surface area contributed by atoms with Crippen LogP contribution in [0.3, 0.4) is 0 Å². The van der Waals surface area contributed by atoms with E-state index in [-0.39, 0.29) is 37.6 Å². The Bertz CT molecular complexity index is 1540. The third-order valence-corrected chi connectivity index (χ3v) is 9.55. The summed E-state index contributed by atoms with van der Waals surface area (Å²) in [6.45, 7) is 5.11. The van der Waals surface area contributed by atoms with E-state index < -0.39 is 65.8 Å². The van der Waals surface area contributed by atoms with E-state index in [9.17, 15) is 28.8 Å². The first-order chi connectivity index (χ1) is 23.9. The van der Waals surface area contributed by atoms with Gasteiger partial charge in [-0.15, -0.1) is 0 Å². The van der Waals surface area contributed by atoms with Crippen molar-refractivity contribution in [3.63, 3.8) is 0 Å². The average Bonchev–Trinajstić information content (AvgIpc) is 3.51. The number of nitrogens with zero attached hydrogens (tertiary/aromatic N) is 1. The van der Waals surface area contributed by atoms with Crippen molar-refractivity contribution >= 4 is 47.2 Å². The molecule has 2 fully saturated rings. The van der Waals surface area contributed by atoms with E-state index in [2.05, 4.69) is 26.6 Å². The summed E-state index contributed by atoms with van der Waals surface area (Å²) in [4.78, 5) is 83.1. The SMILES string of the molecule is COc1cccc(CC(=O)N[C@H]2C[C@H]3C(=O)N[C@@H](C)C(=O)N[C@H](c4ccccc4)CC(=O)N[C@@H](CCSC)C(=O)N[C@@H](C(C)C)C(=O)N3C2)c1. The Morgan fingerprint density at radius 3 is 2.38 bits per heavy atom. The number of nitrogens with one attached hydrogen (secondary N) is 5. The Morgan fingerprint density at radius 2 is 1.70 bits per heavy atom. The lowest BCUT2D eigenvalue weighted by Gasteiger charge is -2.32. The lowest BCUT2D eigenvalue weighted by Crippen LogP contribution is -2.59. The van der Waals surface area contributed by atoms with Crippen LogP contribution in [0.1, 0.15) is 57.2 Å². The molecule has 2 aromatic carbocycles. The van der Waals surface area contributed by atoms with Crippen LogP contribution in [0.25, 0.3) is 0 Å². The van der Waals surface area contributed by atoms with Crippen molar-refractivity contribution in [3.8, 4) is 5.75 Å². The van der Waals surface area contributed by atoms with Crippen LogP contribution in [0, 0.1) is 5.92 Å². The number of ether oxygens (including phenoxy) is 1. The number of hydrogen-bond donors (Lipinski definition) is 5. The molecule has 0 bridgehead atoms. The van der Waals surface area contributed by atoms with Gasteiger partial charge in [-0.05, 0) is 61.0 Å². The van der Waals surface area contributed by atoms with E-state index in [1.165, 1.54) is 23.6 Å². The van der Waals surface area contributed by atoms with Gasteiger partial charge in [-0.25, -0.2) is 0 Å². The zero-order valence-corrected chi connectivity index (χ0v) is 30.0. The van der Waals surface area contributed by atoms with Crippen molar-refractivity contribution in [2.45, 2.75) is 82.7 Å². The summed E-state index contributed by atoms with van der Waals surface area (Å²) >= 11 is 1.52.